The molecule has 1 fully saturated rings. The van der Waals surface area contributed by atoms with Crippen LogP contribution in [0, 0.1) is 0 Å². The van der Waals surface area contributed by atoms with Gasteiger partial charge in [0.15, 0.2) is 0 Å². The largest absolute Gasteiger partial charge is 0.490 e. The van der Waals surface area contributed by atoms with E-state index in [2.05, 4.69) is 5.32 Å². The van der Waals surface area contributed by atoms with Gasteiger partial charge in [0.1, 0.15) is 18.0 Å². The van der Waals surface area contributed by atoms with Crippen molar-refractivity contribution in [3.63, 3.8) is 0 Å². The number of fused-ring (bicyclic) bond motifs is 1. The molecule has 0 unspecified atom stereocenters. The lowest BCUT2D eigenvalue weighted by Gasteiger charge is -2.33. The fourth-order valence-electron chi connectivity index (χ4n) is 3.62. The highest BCUT2D eigenvalue weighted by atomic mass is 16.6. The third kappa shape index (κ3) is 5.87. The van der Waals surface area contributed by atoms with E-state index in [1.54, 1.807) is 9.80 Å². The summed E-state index contributed by atoms with van der Waals surface area (Å²) >= 11 is 0. The monoisotopic (exact) mass is 417 g/mol. The molecule has 0 bridgehead atoms. The molecule has 2 heterocycles. The molecule has 8 heteroatoms. The zero-order valence-corrected chi connectivity index (χ0v) is 18.0. The molecule has 0 atom stereocenters. The Hall–Kier alpha value is -2.77. The normalized spacial score (nSPS) is 17.0. The molecule has 0 saturated carbocycles. The van der Waals surface area contributed by atoms with E-state index in [-0.39, 0.29) is 36.8 Å². The third-order valence-electron chi connectivity index (χ3n) is 5.11. The second kappa shape index (κ2) is 9.36. The van der Waals surface area contributed by atoms with Crippen molar-refractivity contribution in [2.75, 3.05) is 31.1 Å². The highest BCUT2D eigenvalue weighted by molar-refractivity contribution is 5.97. The molecular weight excluding hydrogens is 386 g/mol. The molecule has 1 N–H and O–H groups in total. The molecule has 0 radical (unpaired) electrons. The first kappa shape index (κ1) is 21.9. The smallest absolute Gasteiger partial charge is 0.410 e. The molecule has 1 aromatic carbocycles. The van der Waals surface area contributed by atoms with E-state index in [0.717, 1.165) is 5.69 Å². The van der Waals surface area contributed by atoms with E-state index in [1.165, 1.54) is 0 Å². The first-order chi connectivity index (χ1) is 14.2. The van der Waals surface area contributed by atoms with Crippen molar-refractivity contribution in [1.29, 1.82) is 0 Å². The zero-order chi connectivity index (χ0) is 21.7. The summed E-state index contributed by atoms with van der Waals surface area (Å²) < 4.78 is 11.0. The highest BCUT2D eigenvalue weighted by Crippen LogP contribution is 2.31. The van der Waals surface area contributed by atoms with Gasteiger partial charge in [0.2, 0.25) is 11.8 Å². The van der Waals surface area contributed by atoms with Gasteiger partial charge in [0.25, 0.3) is 0 Å². The Balaban J connectivity index is 1.41. The Morgan fingerprint density at radius 1 is 1.10 bits per heavy atom. The van der Waals surface area contributed by atoms with Gasteiger partial charge < -0.3 is 24.6 Å². The predicted molar refractivity (Wildman–Crippen MR) is 112 cm³/mol. The Morgan fingerprint density at radius 2 is 1.80 bits per heavy atom. The van der Waals surface area contributed by atoms with Gasteiger partial charge in [-0.1, -0.05) is 12.1 Å². The van der Waals surface area contributed by atoms with Gasteiger partial charge in [-0.2, -0.15) is 0 Å². The van der Waals surface area contributed by atoms with Gasteiger partial charge in [-0.05, 0) is 45.7 Å². The summed E-state index contributed by atoms with van der Waals surface area (Å²) in [5, 5.41) is 2.99. The minimum Gasteiger partial charge on any atom is -0.490 e. The lowest BCUT2D eigenvalue weighted by Crippen LogP contribution is -2.48. The van der Waals surface area contributed by atoms with Crippen molar-refractivity contribution in [2.24, 2.45) is 0 Å². The molecular formula is C22H31N3O5. The quantitative estimate of drug-likeness (QED) is 0.814. The van der Waals surface area contributed by atoms with Crippen LogP contribution in [-0.2, 0) is 14.3 Å². The van der Waals surface area contributed by atoms with Crippen LogP contribution in [-0.4, -0.2) is 60.7 Å². The van der Waals surface area contributed by atoms with E-state index in [1.807, 2.05) is 45.0 Å². The number of rotatable bonds is 4. The minimum atomic E-state index is -0.518. The van der Waals surface area contributed by atoms with E-state index in [9.17, 15) is 14.4 Å². The fraction of sp³-hybridized carbons (Fsp3) is 0.591. The van der Waals surface area contributed by atoms with Crippen molar-refractivity contribution in [1.82, 2.24) is 10.2 Å². The van der Waals surface area contributed by atoms with Crippen LogP contribution in [0.25, 0.3) is 0 Å². The van der Waals surface area contributed by atoms with Gasteiger partial charge in [0, 0.05) is 32.0 Å². The van der Waals surface area contributed by atoms with Crippen LogP contribution in [0.1, 0.15) is 46.5 Å². The van der Waals surface area contributed by atoms with Crippen LogP contribution in [0.2, 0.25) is 0 Å². The number of amides is 3. The second-order valence-corrected chi connectivity index (χ2v) is 8.67. The van der Waals surface area contributed by atoms with E-state index in [0.29, 0.717) is 44.8 Å². The molecule has 1 aromatic rings. The molecule has 30 heavy (non-hydrogen) atoms. The van der Waals surface area contributed by atoms with Crippen LogP contribution in [0.3, 0.4) is 0 Å². The molecule has 2 aliphatic rings. The molecule has 8 nitrogen and oxygen atoms in total. The Kier molecular flexibility index (Phi) is 6.84. The van der Waals surface area contributed by atoms with Crippen molar-refractivity contribution in [3.05, 3.63) is 24.3 Å². The number of benzene rings is 1. The second-order valence-electron chi connectivity index (χ2n) is 8.67. The summed E-state index contributed by atoms with van der Waals surface area (Å²) in [5.74, 6) is 0.472. The standard InChI is InChI=1S/C22H31N3O5/c1-22(2,3)30-21(28)24-12-10-16(11-13-24)23-19(26)8-9-20(27)25-14-15-29-18-7-5-4-6-17(18)25/h4-7,16H,8-15H2,1-3H3,(H,23,26). The van der Waals surface area contributed by atoms with Gasteiger partial charge in [-0.25, -0.2) is 4.79 Å². The number of carbonyl (C=O) groups is 3. The molecule has 0 aromatic heterocycles. The average Bonchev–Trinajstić information content (AvgIpc) is 2.71. The lowest BCUT2D eigenvalue weighted by atomic mass is 10.0. The number of para-hydroxylation sites is 2. The Labute approximate surface area is 177 Å². The van der Waals surface area contributed by atoms with Gasteiger partial charge in [-0.3, -0.25) is 9.59 Å². The molecule has 3 amide bonds. The number of likely N-dealkylation sites (tertiary alicyclic amines) is 1. The van der Waals surface area contributed by atoms with Crippen LogP contribution in [0.4, 0.5) is 10.5 Å². The number of anilines is 1. The number of ether oxygens (including phenoxy) is 2. The number of hydrogen-bond acceptors (Lipinski definition) is 5. The molecule has 2 aliphatic heterocycles. The maximum atomic E-state index is 12.6. The third-order valence-corrected chi connectivity index (χ3v) is 5.11. The number of nitrogens with one attached hydrogen (secondary N) is 1. The van der Waals surface area contributed by atoms with Crippen molar-refractivity contribution in [3.8, 4) is 5.75 Å². The topological polar surface area (TPSA) is 88.2 Å². The predicted octanol–water partition coefficient (Wildman–Crippen LogP) is 2.71. The first-order valence-electron chi connectivity index (χ1n) is 10.5. The maximum absolute atomic E-state index is 12.6. The van der Waals surface area contributed by atoms with Crippen LogP contribution < -0.4 is 15.0 Å². The van der Waals surface area contributed by atoms with E-state index >= 15 is 0 Å². The zero-order valence-electron chi connectivity index (χ0n) is 18.0. The number of carbonyl (C=O) groups excluding carboxylic acids is 3. The first-order valence-corrected chi connectivity index (χ1v) is 10.5. The summed E-state index contributed by atoms with van der Waals surface area (Å²) in [6.45, 7) is 7.55. The van der Waals surface area contributed by atoms with Crippen LogP contribution in [0.15, 0.2) is 24.3 Å². The van der Waals surface area contributed by atoms with Crippen molar-refractivity contribution in [2.45, 2.75) is 58.1 Å². The van der Waals surface area contributed by atoms with Crippen LogP contribution >= 0.6 is 0 Å². The number of nitrogens with zero attached hydrogens (tertiary/aromatic N) is 2. The molecule has 1 saturated heterocycles. The minimum absolute atomic E-state index is 0.00963. The summed E-state index contributed by atoms with van der Waals surface area (Å²) in [7, 11) is 0. The van der Waals surface area contributed by atoms with Gasteiger partial charge in [0.05, 0.1) is 12.2 Å². The molecule has 164 valence electrons. The number of piperidine rings is 1. The fourth-order valence-corrected chi connectivity index (χ4v) is 3.62. The van der Waals surface area contributed by atoms with E-state index in [4.69, 9.17) is 9.47 Å². The summed E-state index contributed by atoms with van der Waals surface area (Å²) in [6, 6.07) is 7.43. The van der Waals surface area contributed by atoms with Crippen LogP contribution in [0.5, 0.6) is 5.75 Å². The summed E-state index contributed by atoms with van der Waals surface area (Å²) in [4.78, 5) is 40.4. The highest BCUT2D eigenvalue weighted by Gasteiger charge is 2.28. The SMILES string of the molecule is CC(C)(C)OC(=O)N1CCC(NC(=O)CCC(=O)N2CCOc3ccccc32)CC1. The maximum Gasteiger partial charge on any atom is 0.410 e. The van der Waals surface area contributed by atoms with Crippen molar-refractivity contribution >= 4 is 23.6 Å². The Morgan fingerprint density at radius 3 is 2.50 bits per heavy atom. The van der Waals surface area contributed by atoms with Crippen molar-refractivity contribution < 1.29 is 23.9 Å². The average molecular weight is 418 g/mol. The van der Waals surface area contributed by atoms with E-state index < -0.39 is 5.60 Å². The molecule has 0 aliphatic carbocycles. The summed E-state index contributed by atoms with van der Waals surface area (Å²) in [5.41, 5.74) is 0.235. The lowest BCUT2D eigenvalue weighted by molar-refractivity contribution is -0.126. The van der Waals surface area contributed by atoms with Gasteiger partial charge in [-0.15, -0.1) is 0 Å². The molecule has 3 rings (SSSR count). The summed E-state index contributed by atoms with van der Waals surface area (Å²) in [6.07, 6.45) is 1.33. The Bertz CT molecular complexity index is 781. The van der Waals surface area contributed by atoms with Gasteiger partial charge >= 0.3 is 6.09 Å². The number of hydrogen-bond donors (Lipinski definition) is 1. The molecule has 0 spiro atoms.